The maximum Gasteiger partial charge on any atom is 0.335 e. The second-order valence-electron chi connectivity index (χ2n) is 4.11. The van der Waals surface area contributed by atoms with Gasteiger partial charge in [0.05, 0.1) is 12.8 Å². The summed E-state index contributed by atoms with van der Waals surface area (Å²) in [6, 6.07) is 3.33. The van der Waals surface area contributed by atoms with E-state index in [1.807, 2.05) is 30.7 Å². The largest absolute Gasteiger partial charge is 0.469 e. The first-order valence-corrected chi connectivity index (χ1v) is 5.45. The van der Waals surface area contributed by atoms with Crippen molar-refractivity contribution in [3.05, 3.63) is 23.5 Å². The summed E-state index contributed by atoms with van der Waals surface area (Å²) in [5, 5.41) is 0. The zero-order chi connectivity index (χ0) is 12.6. The highest BCUT2D eigenvalue weighted by Gasteiger charge is 2.38. The van der Waals surface area contributed by atoms with E-state index >= 15 is 0 Å². The molecule has 0 aromatic carbocycles. The zero-order valence-electron chi connectivity index (χ0n) is 10.4. The van der Waals surface area contributed by atoms with Crippen molar-refractivity contribution in [2.45, 2.75) is 26.0 Å². The maximum atomic E-state index is 11.6. The molecule has 0 fully saturated rings. The van der Waals surface area contributed by atoms with Crippen molar-refractivity contribution in [2.24, 2.45) is 12.0 Å². The summed E-state index contributed by atoms with van der Waals surface area (Å²) in [7, 11) is 3.30. The van der Waals surface area contributed by atoms with Crippen molar-refractivity contribution in [3.63, 3.8) is 0 Å². The predicted molar refractivity (Wildman–Crippen MR) is 62.9 cm³/mol. The quantitative estimate of drug-likeness (QED) is 0.729. The Balaban J connectivity index is 2.33. The molecule has 0 saturated heterocycles. The van der Waals surface area contributed by atoms with Gasteiger partial charge < -0.3 is 14.0 Å². The van der Waals surface area contributed by atoms with Gasteiger partial charge in [0, 0.05) is 19.7 Å². The van der Waals surface area contributed by atoms with E-state index in [2.05, 4.69) is 4.99 Å². The Hall–Kier alpha value is -1.78. The lowest BCUT2D eigenvalue weighted by atomic mass is 10.1. The molecule has 0 radical (unpaired) electrons. The van der Waals surface area contributed by atoms with Gasteiger partial charge in [-0.1, -0.05) is 0 Å². The Morgan fingerprint density at radius 1 is 1.47 bits per heavy atom. The van der Waals surface area contributed by atoms with Crippen LogP contribution in [0, 0.1) is 6.92 Å². The highest BCUT2D eigenvalue weighted by atomic mass is 16.5. The van der Waals surface area contributed by atoms with E-state index in [4.69, 9.17) is 9.47 Å². The van der Waals surface area contributed by atoms with Crippen LogP contribution in [0.4, 0.5) is 0 Å². The van der Waals surface area contributed by atoms with Crippen molar-refractivity contribution in [2.75, 3.05) is 7.11 Å². The molecule has 2 atom stereocenters. The molecule has 2 heterocycles. The maximum absolute atomic E-state index is 11.6. The molecule has 0 spiro atoms. The molecule has 0 amide bonds. The minimum absolute atomic E-state index is 0.370. The van der Waals surface area contributed by atoms with Crippen LogP contribution in [0.2, 0.25) is 0 Å². The predicted octanol–water partition coefficient (Wildman–Crippen LogP) is 1.36. The molecule has 2 rings (SSSR count). The van der Waals surface area contributed by atoms with Gasteiger partial charge >= 0.3 is 5.97 Å². The SMILES string of the molecule is COC(=O)C1N=C(C)OC1c1ccc(C)n1C. The monoisotopic (exact) mass is 236 g/mol. The van der Waals surface area contributed by atoms with Crippen molar-refractivity contribution in [3.8, 4) is 0 Å². The number of aliphatic imine (C=N–C) groups is 1. The van der Waals surface area contributed by atoms with Crippen molar-refractivity contribution < 1.29 is 14.3 Å². The van der Waals surface area contributed by atoms with Gasteiger partial charge in [-0.2, -0.15) is 0 Å². The van der Waals surface area contributed by atoms with Crippen LogP contribution in [-0.4, -0.2) is 29.6 Å². The van der Waals surface area contributed by atoms with Crippen LogP contribution in [0.15, 0.2) is 17.1 Å². The number of aryl methyl sites for hydroxylation is 1. The highest BCUT2D eigenvalue weighted by Crippen LogP contribution is 2.30. The van der Waals surface area contributed by atoms with Crippen molar-refractivity contribution in [1.29, 1.82) is 0 Å². The molecule has 2 unspecified atom stereocenters. The van der Waals surface area contributed by atoms with Crippen molar-refractivity contribution in [1.82, 2.24) is 4.57 Å². The fraction of sp³-hybridized carbons (Fsp3) is 0.500. The average Bonchev–Trinajstić information content (AvgIpc) is 2.83. The van der Waals surface area contributed by atoms with Gasteiger partial charge in [0.1, 0.15) is 0 Å². The van der Waals surface area contributed by atoms with Gasteiger partial charge in [-0.15, -0.1) is 0 Å². The molecule has 1 aromatic heterocycles. The number of carbonyl (C=O) groups is 1. The van der Waals surface area contributed by atoms with Gasteiger partial charge in [-0.25, -0.2) is 9.79 Å². The lowest BCUT2D eigenvalue weighted by Crippen LogP contribution is -2.26. The molecule has 5 nitrogen and oxygen atoms in total. The fourth-order valence-corrected chi connectivity index (χ4v) is 1.98. The topological polar surface area (TPSA) is 52.8 Å². The lowest BCUT2D eigenvalue weighted by Gasteiger charge is -2.17. The number of esters is 1. The number of hydrogen-bond acceptors (Lipinski definition) is 4. The Labute approximate surface area is 100 Å². The fourth-order valence-electron chi connectivity index (χ4n) is 1.98. The Morgan fingerprint density at radius 2 is 2.18 bits per heavy atom. The Morgan fingerprint density at radius 3 is 2.71 bits per heavy atom. The van der Waals surface area contributed by atoms with Gasteiger partial charge in [0.15, 0.2) is 18.0 Å². The minimum Gasteiger partial charge on any atom is -0.469 e. The van der Waals surface area contributed by atoms with E-state index in [1.54, 1.807) is 6.92 Å². The highest BCUT2D eigenvalue weighted by molar-refractivity contribution is 5.85. The van der Waals surface area contributed by atoms with E-state index in [-0.39, 0.29) is 12.1 Å². The van der Waals surface area contributed by atoms with Crippen LogP contribution >= 0.6 is 0 Å². The second kappa shape index (κ2) is 4.24. The number of nitrogens with zero attached hydrogens (tertiary/aromatic N) is 2. The van der Waals surface area contributed by atoms with Crippen LogP contribution in [0.5, 0.6) is 0 Å². The number of aromatic nitrogens is 1. The first-order chi connectivity index (χ1) is 8.04. The number of carbonyl (C=O) groups excluding carboxylic acids is 1. The van der Waals surface area contributed by atoms with Crippen LogP contribution < -0.4 is 0 Å². The number of hydrogen-bond donors (Lipinski definition) is 0. The van der Waals surface area contributed by atoms with Gasteiger partial charge in [0.25, 0.3) is 0 Å². The molecule has 1 aliphatic heterocycles. The molecular formula is C12H16N2O3. The molecule has 0 saturated carbocycles. The Kier molecular flexibility index (Phi) is 2.92. The number of methoxy groups -OCH3 is 1. The van der Waals surface area contributed by atoms with E-state index in [1.165, 1.54) is 7.11 Å². The van der Waals surface area contributed by atoms with E-state index < -0.39 is 6.04 Å². The number of ether oxygens (including phenoxy) is 2. The molecule has 92 valence electrons. The third-order valence-electron chi connectivity index (χ3n) is 3.05. The van der Waals surface area contributed by atoms with Gasteiger partial charge in [-0.3, -0.25) is 0 Å². The third-order valence-corrected chi connectivity index (χ3v) is 3.05. The lowest BCUT2D eigenvalue weighted by molar-refractivity contribution is -0.143. The summed E-state index contributed by atoms with van der Waals surface area (Å²) in [6.07, 6.45) is -0.388. The Bertz CT molecular complexity index is 476. The molecular weight excluding hydrogens is 220 g/mol. The molecule has 1 aromatic rings. The summed E-state index contributed by atoms with van der Waals surface area (Å²) < 4.78 is 12.3. The first kappa shape index (κ1) is 11.7. The molecule has 0 N–H and O–H groups in total. The van der Waals surface area contributed by atoms with Crippen LogP contribution in [0.3, 0.4) is 0 Å². The molecule has 0 aliphatic carbocycles. The minimum atomic E-state index is -0.604. The summed E-state index contributed by atoms with van der Waals surface area (Å²) in [5.41, 5.74) is 2.04. The summed E-state index contributed by atoms with van der Waals surface area (Å²) in [6.45, 7) is 3.74. The van der Waals surface area contributed by atoms with Gasteiger partial charge in [0.2, 0.25) is 0 Å². The standard InChI is InChI=1S/C12H16N2O3/c1-7-5-6-9(14(7)3)11-10(12(15)16-4)13-8(2)17-11/h5-6,10-11H,1-4H3. The zero-order valence-corrected chi connectivity index (χ0v) is 10.4. The molecule has 0 bridgehead atoms. The summed E-state index contributed by atoms with van der Waals surface area (Å²) in [4.78, 5) is 15.8. The summed E-state index contributed by atoms with van der Waals surface area (Å²) >= 11 is 0. The van der Waals surface area contributed by atoms with Crippen LogP contribution in [0.1, 0.15) is 24.4 Å². The van der Waals surface area contributed by atoms with Crippen molar-refractivity contribution >= 4 is 11.9 Å². The van der Waals surface area contributed by atoms with E-state index in [9.17, 15) is 4.79 Å². The van der Waals surface area contributed by atoms with E-state index in [0.29, 0.717) is 5.90 Å². The normalized spacial score (nSPS) is 23.2. The summed E-state index contributed by atoms with van der Waals surface area (Å²) in [5.74, 6) is 0.148. The number of rotatable bonds is 2. The van der Waals surface area contributed by atoms with Crippen LogP contribution in [-0.2, 0) is 21.3 Å². The molecule has 5 heteroatoms. The average molecular weight is 236 g/mol. The molecule has 17 heavy (non-hydrogen) atoms. The van der Waals surface area contributed by atoms with Gasteiger partial charge in [-0.05, 0) is 19.1 Å². The third kappa shape index (κ3) is 1.92. The first-order valence-electron chi connectivity index (χ1n) is 5.45. The second-order valence-corrected chi connectivity index (χ2v) is 4.11. The molecule has 1 aliphatic rings. The van der Waals surface area contributed by atoms with E-state index in [0.717, 1.165) is 11.4 Å². The smallest absolute Gasteiger partial charge is 0.335 e. The van der Waals surface area contributed by atoms with Crippen LogP contribution in [0.25, 0.3) is 0 Å².